The minimum Gasteiger partial charge on any atom is -0.322 e. The van der Waals surface area contributed by atoms with Gasteiger partial charge in [-0.3, -0.25) is 9.59 Å². The summed E-state index contributed by atoms with van der Waals surface area (Å²) < 4.78 is 0. The average Bonchev–Trinajstić information content (AvgIpc) is 2.94. The summed E-state index contributed by atoms with van der Waals surface area (Å²) in [5.74, 6) is -0.130. The van der Waals surface area contributed by atoms with E-state index in [1.807, 2.05) is 36.6 Å². The molecule has 0 radical (unpaired) electrons. The van der Waals surface area contributed by atoms with Crippen LogP contribution in [-0.2, 0) is 6.42 Å². The summed E-state index contributed by atoms with van der Waals surface area (Å²) in [5.41, 5.74) is 3.43. The molecule has 3 rings (SSSR count). The number of hydrogen-bond donors (Lipinski definition) is 2. The van der Waals surface area contributed by atoms with E-state index in [0.29, 0.717) is 10.6 Å². The van der Waals surface area contributed by atoms with Gasteiger partial charge < -0.3 is 10.3 Å². The molecule has 0 aliphatic carbocycles. The first-order chi connectivity index (χ1) is 11.1. The van der Waals surface area contributed by atoms with Crippen LogP contribution in [0.4, 0.5) is 5.69 Å². The molecule has 0 aliphatic heterocycles. The Kier molecular flexibility index (Phi) is 4.30. The number of anilines is 1. The zero-order valence-electron chi connectivity index (χ0n) is 13.1. The molecule has 2 N–H and O–H groups in total. The molecule has 5 heteroatoms. The lowest BCUT2D eigenvalue weighted by atomic mass is 10.0. The Bertz CT molecular complexity index is 924. The first kappa shape index (κ1) is 15.5. The molecule has 118 valence electrons. The van der Waals surface area contributed by atoms with Gasteiger partial charge in [0.25, 0.3) is 5.91 Å². The standard InChI is InChI=1S/C18H18N2O2S/c1-3-4-12-8-17(21)20-15-9-13(5-6-14(12)15)19-18(22)16-7-11(2)10-23-16/h5-10H,3-4H2,1-2H3,(H,19,22)(H,20,21). The molecule has 1 amide bonds. The van der Waals surface area contributed by atoms with Gasteiger partial charge in [0.2, 0.25) is 5.56 Å². The number of aryl methyl sites for hydroxylation is 2. The van der Waals surface area contributed by atoms with Crippen LogP contribution in [0.3, 0.4) is 0 Å². The predicted molar refractivity (Wildman–Crippen MR) is 95.6 cm³/mol. The smallest absolute Gasteiger partial charge is 0.265 e. The van der Waals surface area contributed by atoms with E-state index in [1.54, 1.807) is 6.07 Å². The molecule has 0 unspecified atom stereocenters. The molecule has 0 aliphatic rings. The van der Waals surface area contributed by atoms with Crippen LogP contribution >= 0.6 is 11.3 Å². The first-order valence-electron chi connectivity index (χ1n) is 7.59. The fourth-order valence-electron chi connectivity index (χ4n) is 2.63. The molecule has 4 nitrogen and oxygen atoms in total. The van der Waals surface area contributed by atoms with Gasteiger partial charge >= 0.3 is 0 Å². The second-order valence-electron chi connectivity index (χ2n) is 5.61. The third kappa shape index (κ3) is 3.35. The van der Waals surface area contributed by atoms with Crippen LogP contribution < -0.4 is 10.9 Å². The molecule has 0 fully saturated rings. The summed E-state index contributed by atoms with van der Waals surface area (Å²) in [7, 11) is 0. The van der Waals surface area contributed by atoms with Gasteiger partial charge in [-0.15, -0.1) is 11.3 Å². The number of carbonyl (C=O) groups is 1. The van der Waals surface area contributed by atoms with Crippen LogP contribution in [0.5, 0.6) is 0 Å². The summed E-state index contributed by atoms with van der Waals surface area (Å²) >= 11 is 1.42. The van der Waals surface area contributed by atoms with Gasteiger partial charge in [0.15, 0.2) is 0 Å². The van der Waals surface area contributed by atoms with Crippen LogP contribution in [0.25, 0.3) is 10.9 Å². The van der Waals surface area contributed by atoms with E-state index in [1.165, 1.54) is 11.3 Å². The van der Waals surface area contributed by atoms with E-state index in [0.717, 1.165) is 34.9 Å². The molecule has 2 heterocycles. The van der Waals surface area contributed by atoms with Crippen molar-refractivity contribution in [3.05, 3.63) is 62.1 Å². The summed E-state index contributed by atoms with van der Waals surface area (Å²) in [6, 6.07) is 9.15. The van der Waals surface area contributed by atoms with Crippen LogP contribution in [0.1, 0.15) is 34.1 Å². The Hall–Kier alpha value is -2.40. The van der Waals surface area contributed by atoms with Crippen molar-refractivity contribution in [2.45, 2.75) is 26.7 Å². The number of hydrogen-bond acceptors (Lipinski definition) is 3. The lowest BCUT2D eigenvalue weighted by molar-refractivity contribution is 0.103. The number of thiophene rings is 1. The molecule has 0 saturated heterocycles. The molecule has 3 aromatic rings. The van der Waals surface area contributed by atoms with E-state index < -0.39 is 0 Å². The maximum Gasteiger partial charge on any atom is 0.265 e. The molecule has 23 heavy (non-hydrogen) atoms. The van der Waals surface area contributed by atoms with Crippen molar-refractivity contribution in [1.29, 1.82) is 0 Å². The normalized spacial score (nSPS) is 10.9. The number of benzene rings is 1. The van der Waals surface area contributed by atoms with Crippen molar-refractivity contribution >= 4 is 33.8 Å². The number of rotatable bonds is 4. The van der Waals surface area contributed by atoms with Gasteiger partial charge in [-0.25, -0.2) is 0 Å². The number of nitrogens with one attached hydrogen (secondary N) is 2. The van der Waals surface area contributed by atoms with Crippen molar-refractivity contribution in [3.63, 3.8) is 0 Å². The lowest BCUT2D eigenvalue weighted by Crippen LogP contribution is -2.11. The Morgan fingerprint density at radius 3 is 2.78 bits per heavy atom. The quantitative estimate of drug-likeness (QED) is 0.758. The maximum atomic E-state index is 12.2. The molecule has 2 aromatic heterocycles. The van der Waals surface area contributed by atoms with Gasteiger partial charge in [-0.2, -0.15) is 0 Å². The SMILES string of the molecule is CCCc1cc(=O)[nH]c2cc(NC(=O)c3cc(C)cs3)ccc12. The minimum absolute atomic E-state index is 0.113. The second kappa shape index (κ2) is 6.38. The summed E-state index contributed by atoms with van der Waals surface area (Å²) in [6.45, 7) is 4.05. The highest BCUT2D eigenvalue weighted by Crippen LogP contribution is 2.22. The van der Waals surface area contributed by atoms with Gasteiger partial charge in [-0.05, 0) is 48.1 Å². The zero-order valence-corrected chi connectivity index (χ0v) is 13.9. The van der Waals surface area contributed by atoms with E-state index in [-0.39, 0.29) is 11.5 Å². The number of pyridine rings is 1. The monoisotopic (exact) mass is 326 g/mol. The topological polar surface area (TPSA) is 62.0 Å². The number of H-pyrrole nitrogens is 1. The molecular weight excluding hydrogens is 308 g/mol. The van der Waals surface area contributed by atoms with Gasteiger partial charge in [-0.1, -0.05) is 19.4 Å². The van der Waals surface area contributed by atoms with Gasteiger partial charge in [0.1, 0.15) is 0 Å². The van der Waals surface area contributed by atoms with Crippen molar-refractivity contribution in [1.82, 2.24) is 4.98 Å². The minimum atomic E-state index is -0.130. The van der Waals surface area contributed by atoms with Crippen molar-refractivity contribution in [2.75, 3.05) is 5.32 Å². The maximum absolute atomic E-state index is 12.2. The predicted octanol–water partition coefficient (Wildman–Crippen LogP) is 4.10. The van der Waals surface area contributed by atoms with Crippen molar-refractivity contribution in [2.24, 2.45) is 0 Å². The van der Waals surface area contributed by atoms with Crippen molar-refractivity contribution < 1.29 is 4.79 Å². The number of amides is 1. The Labute approximate surface area is 138 Å². The molecule has 0 atom stereocenters. The molecule has 1 aromatic carbocycles. The van der Waals surface area contributed by atoms with E-state index in [2.05, 4.69) is 17.2 Å². The third-order valence-electron chi connectivity index (χ3n) is 3.66. The second-order valence-corrected chi connectivity index (χ2v) is 6.52. The van der Waals surface area contributed by atoms with E-state index >= 15 is 0 Å². The largest absolute Gasteiger partial charge is 0.322 e. The third-order valence-corrected chi connectivity index (χ3v) is 4.71. The highest BCUT2D eigenvalue weighted by atomic mass is 32.1. The van der Waals surface area contributed by atoms with Gasteiger partial charge in [0, 0.05) is 17.1 Å². The Morgan fingerprint density at radius 1 is 1.26 bits per heavy atom. The van der Waals surface area contributed by atoms with E-state index in [4.69, 9.17) is 0 Å². The zero-order chi connectivity index (χ0) is 16.4. The van der Waals surface area contributed by atoms with Crippen LogP contribution in [0, 0.1) is 6.92 Å². The Morgan fingerprint density at radius 2 is 2.09 bits per heavy atom. The highest BCUT2D eigenvalue weighted by Gasteiger charge is 2.10. The number of aromatic nitrogens is 1. The number of fused-ring (bicyclic) bond motifs is 1. The van der Waals surface area contributed by atoms with Crippen LogP contribution in [0.15, 0.2) is 40.5 Å². The van der Waals surface area contributed by atoms with Gasteiger partial charge in [0.05, 0.1) is 10.4 Å². The van der Waals surface area contributed by atoms with E-state index in [9.17, 15) is 9.59 Å². The lowest BCUT2D eigenvalue weighted by Gasteiger charge is -2.08. The van der Waals surface area contributed by atoms with Crippen LogP contribution in [-0.4, -0.2) is 10.9 Å². The summed E-state index contributed by atoms with van der Waals surface area (Å²) in [4.78, 5) is 27.5. The summed E-state index contributed by atoms with van der Waals surface area (Å²) in [6.07, 6.45) is 1.84. The average molecular weight is 326 g/mol. The first-order valence-corrected chi connectivity index (χ1v) is 8.47. The molecule has 0 bridgehead atoms. The number of aromatic amines is 1. The summed E-state index contributed by atoms with van der Waals surface area (Å²) in [5, 5.41) is 5.86. The fourth-order valence-corrected chi connectivity index (χ4v) is 3.42. The number of carbonyl (C=O) groups excluding carboxylic acids is 1. The van der Waals surface area contributed by atoms with Crippen molar-refractivity contribution in [3.8, 4) is 0 Å². The molecule has 0 saturated carbocycles. The molecular formula is C18H18N2O2S. The molecule has 0 spiro atoms. The van der Waals surface area contributed by atoms with Crippen LogP contribution in [0.2, 0.25) is 0 Å². The Balaban J connectivity index is 1.94. The highest BCUT2D eigenvalue weighted by molar-refractivity contribution is 7.12. The fraction of sp³-hybridized carbons (Fsp3) is 0.222.